The van der Waals surface area contributed by atoms with Gasteiger partial charge in [0.05, 0.1) is 28.2 Å². The summed E-state index contributed by atoms with van der Waals surface area (Å²) >= 11 is 4.44. The van der Waals surface area contributed by atoms with E-state index in [1.165, 1.54) is 6.07 Å². The topological polar surface area (TPSA) is 113 Å². The number of nitrogens with zero attached hydrogens (tertiary/aromatic N) is 3. The summed E-state index contributed by atoms with van der Waals surface area (Å²) in [6, 6.07) is 10.9. The molecule has 0 saturated heterocycles. The number of hydrogen-bond acceptors (Lipinski definition) is 7. The van der Waals surface area contributed by atoms with Gasteiger partial charge >= 0.3 is 5.00 Å². The molecule has 2 N–H and O–H groups in total. The highest BCUT2D eigenvalue weighted by Crippen LogP contribution is 2.48. The van der Waals surface area contributed by atoms with Crippen molar-refractivity contribution in [2.75, 3.05) is 4.90 Å². The van der Waals surface area contributed by atoms with Crippen molar-refractivity contribution in [2.45, 2.75) is 32.1 Å². The van der Waals surface area contributed by atoms with Crippen molar-refractivity contribution >= 4 is 43.7 Å². The maximum Gasteiger partial charge on any atom is 0.324 e. The van der Waals surface area contributed by atoms with E-state index in [4.69, 9.17) is 5.73 Å². The molecule has 30 heavy (non-hydrogen) atoms. The number of Topliss-reactive ketones (excluding diaryl/α,β-unsaturated/α-hetero) is 1. The van der Waals surface area contributed by atoms with E-state index in [-0.39, 0.29) is 22.2 Å². The quantitative estimate of drug-likeness (QED) is 0.482. The van der Waals surface area contributed by atoms with E-state index in [0.29, 0.717) is 29.7 Å². The Bertz CT molecular complexity index is 1190. The van der Waals surface area contributed by atoms with Gasteiger partial charge in [0.1, 0.15) is 5.82 Å². The highest BCUT2D eigenvalue weighted by Gasteiger charge is 2.41. The molecule has 1 aromatic heterocycles. The molecule has 0 fully saturated rings. The van der Waals surface area contributed by atoms with Crippen LogP contribution in [-0.2, 0) is 4.79 Å². The van der Waals surface area contributed by atoms with Crippen LogP contribution < -0.4 is 10.6 Å². The molecule has 1 aliphatic heterocycles. The van der Waals surface area contributed by atoms with Gasteiger partial charge in [-0.05, 0) is 49.6 Å². The number of aryl methyl sites for hydroxylation is 1. The number of carbonyl (C=O) groups is 1. The van der Waals surface area contributed by atoms with Gasteiger partial charge in [0.2, 0.25) is 0 Å². The van der Waals surface area contributed by atoms with Crippen LogP contribution in [0.4, 0.5) is 10.7 Å². The maximum absolute atomic E-state index is 13.0. The van der Waals surface area contributed by atoms with Crippen molar-refractivity contribution in [3.05, 3.63) is 78.0 Å². The lowest BCUT2D eigenvalue weighted by molar-refractivity contribution is -0.380. The number of anilines is 1. The smallest absolute Gasteiger partial charge is 0.324 e. The van der Waals surface area contributed by atoms with Gasteiger partial charge in [0.25, 0.3) is 0 Å². The summed E-state index contributed by atoms with van der Waals surface area (Å²) in [7, 11) is 0. The van der Waals surface area contributed by atoms with Crippen LogP contribution in [-0.4, -0.2) is 10.7 Å². The lowest BCUT2D eigenvalue weighted by atomic mass is 9.78. The number of nitro groups is 1. The van der Waals surface area contributed by atoms with Crippen LogP contribution in [0, 0.1) is 28.4 Å². The molecule has 1 atom stereocenters. The number of ketones is 1. The molecular formula is C21H17BrN4O3S. The Morgan fingerprint density at radius 3 is 2.73 bits per heavy atom. The van der Waals surface area contributed by atoms with Crippen molar-refractivity contribution in [3.63, 3.8) is 0 Å². The minimum Gasteiger partial charge on any atom is -0.384 e. The predicted molar refractivity (Wildman–Crippen MR) is 118 cm³/mol. The summed E-state index contributed by atoms with van der Waals surface area (Å²) in [5, 5.41) is 21.1. The third-order valence-electron chi connectivity index (χ3n) is 5.39. The molecule has 1 aromatic carbocycles. The first-order valence-corrected chi connectivity index (χ1v) is 10.9. The molecule has 2 aliphatic rings. The largest absolute Gasteiger partial charge is 0.384 e. The first kappa shape index (κ1) is 20.3. The number of halogens is 1. The second kappa shape index (κ2) is 7.70. The number of allylic oxidation sites excluding steroid dienone is 3. The van der Waals surface area contributed by atoms with Gasteiger partial charge in [-0.15, -0.1) is 0 Å². The summed E-state index contributed by atoms with van der Waals surface area (Å²) < 4.78 is 0.918. The van der Waals surface area contributed by atoms with Crippen LogP contribution in [0.3, 0.4) is 0 Å². The SMILES string of the molecule is Cc1cc(Br)ccc1N1C(N)=C(C#N)[C@H](c2ccc([N+](=O)[O-])s2)C2=C1CCCC2=O. The number of hydrogen-bond donors (Lipinski definition) is 1. The Labute approximate surface area is 185 Å². The normalized spacial score (nSPS) is 19.0. The van der Waals surface area contributed by atoms with Gasteiger partial charge in [-0.1, -0.05) is 27.3 Å². The van der Waals surface area contributed by atoms with E-state index in [2.05, 4.69) is 22.0 Å². The van der Waals surface area contributed by atoms with E-state index in [9.17, 15) is 20.2 Å². The number of benzene rings is 1. The van der Waals surface area contributed by atoms with Crippen molar-refractivity contribution in [1.29, 1.82) is 5.26 Å². The number of rotatable bonds is 3. The summed E-state index contributed by atoms with van der Waals surface area (Å²) in [6.07, 6.45) is 1.71. The first-order chi connectivity index (χ1) is 14.3. The molecule has 0 unspecified atom stereocenters. The molecule has 0 bridgehead atoms. The van der Waals surface area contributed by atoms with Crippen molar-refractivity contribution in [2.24, 2.45) is 5.73 Å². The molecule has 7 nitrogen and oxygen atoms in total. The molecule has 0 spiro atoms. The van der Waals surface area contributed by atoms with E-state index >= 15 is 0 Å². The van der Waals surface area contributed by atoms with E-state index in [1.54, 1.807) is 6.07 Å². The van der Waals surface area contributed by atoms with Crippen molar-refractivity contribution in [3.8, 4) is 6.07 Å². The fraction of sp³-hybridized carbons (Fsp3) is 0.238. The Kier molecular flexibility index (Phi) is 5.22. The Morgan fingerprint density at radius 1 is 1.33 bits per heavy atom. The van der Waals surface area contributed by atoms with Gasteiger partial charge in [-0.25, -0.2) is 0 Å². The molecule has 0 amide bonds. The van der Waals surface area contributed by atoms with Gasteiger partial charge < -0.3 is 5.73 Å². The van der Waals surface area contributed by atoms with Gasteiger partial charge in [-0.2, -0.15) is 5.26 Å². The zero-order chi connectivity index (χ0) is 21.6. The third-order valence-corrected chi connectivity index (χ3v) is 6.99. The van der Waals surface area contributed by atoms with Crippen LogP contribution in [0.5, 0.6) is 0 Å². The van der Waals surface area contributed by atoms with Gasteiger partial charge in [0.15, 0.2) is 5.78 Å². The van der Waals surface area contributed by atoms with Crippen LogP contribution >= 0.6 is 27.3 Å². The number of nitriles is 1. The number of nitrogens with two attached hydrogens (primary N) is 1. The lowest BCUT2D eigenvalue weighted by Gasteiger charge is -2.39. The minimum atomic E-state index is -0.677. The van der Waals surface area contributed by atoms with E-state index in [0.717, 1.165) is 32.8 Å². The standard InChI is InChI=1S/C21H17BrN4O3S/c1-11-9-12(22)5-6-14(11)25-15-3-2-4-16(27)20(15)19(13(10-23)21(25)24)17-7-8-18(30-17)26(28)29/h5-9,19H,2-4,24H2,1H3/t19-/m1/s1. The molecular weight excluding hydrogens is 468 g/mol. The summed E-state index contributed by atoms with van der Waals surface area (Å²) in [4.78, 5) is 26.2. The average molecular weight is 485 g/mol. The summed E-state index contributed by atoms with van der Waals surface area (Å²) in [5.74, 6) is -0.460. The molecule has 0 radical (unpaired) electrons. The van der Waals surface area contributed by atoms with Crippen molar-refractivity contribution in [1.82, 2.24) is 0 Å². The van der Waals surface area contributed by atoms with Crippen molar-refractivity contribution < 1.29 is 9.72 Å². The summed E-state index contributed by atoms with van der Waals surface area (Å²) in [5.41, 5.74) is 9.80. The molecule has 4 rings (SSSR count). The number of thiophene rings is 1. The monoisotopic (exact) mass is 484 g/mol. The molecule has 152 valence electrons. The van der Waals surface area contributed by atoms with Crippen LogP contribution in [0.2, 0.25) is 0 Å². The van der Waals surface area contributed by atoms with E-state index < -0.39 is 10.8 Å². The van der Waals surface area contributed by atoms with Crippen LogP contribution in [0.25, 0.3) is 0 Å². The zero-order valence-corrected chi connectivity index (χ0v) is 18.4. The van der Waals surface area contributed by atoms with Gasteiger partial charge in [-0.3, -0.25) is 19.8 Å². The molecule has 9 heteroatoms. The highest BCUT2D eigenvalue weighted by molar-refractivity contribution is 9.10. The Balaban J connectivity index is 1.96. The molecule has 2 heterocycles. The minimum absolute atomic E-state index is 0.0301. The predicted octanol–water partition coefficient (Wildman–Crippen LogP) is 5.03. The summed E-state index contributed by atoms with van der Waals surface area (Å²) in [6.45, 7) is 1.94. The molecule has 2 aromatic rings. The van der Waals surface area contributed by atoms with Gasteiger partial charge in [0, 0.05) is 33.1 Å². The van der Waals surface area contributed by atoms with Crippen LogP contribution in [0.15, 0.2) is 57.5 Å². The average Bonchev–Trinajstić information content (AvgIpc) is 3.18. The maximum atomic E-state index is 13.0. The zero-order valence-electron chi connectivity index (χ0n) is 16.0. The third kappa shape index (κ3) is 3.22. The second-order valence-corrected chi connectivity index (χ2v) is 9.19. The van der Waals surface area contributed by atoms with Crippen LogP contribution in [0.1, 0.15) is 35.6 Å². The molecule has 0 saturated carbocycles. The molecule has 1 aliphatic carbocycles. The fourth-order valence-corrected chi connectivity index (χ4v) is 5.53. The van der Waals surface area contributed by atoms with E-state index in [1.807, 2.05) is 30.0 Å². The highest BCUT2D eigenvalue weighted by atomic mass is 79.9. The Morgan fingerprint density at radius 2 is 2.10 bits per heavy atom. The Hall–Kier alpha value is -2.96. The number of carbonyl (C=O) groups excluding carboxylic acids is 1. The lowest BCUT2D eigenvalue weighted by Crippen LogP contribution is -2.38. The first-order valence-electron chi connectivity index (χ1n) is 9.30. The second-order valence-electron chi connectivity index (χ2n) is 7.18. The fourth-order valence-electron chi connectivity index (χ4n) is 4.11.